The van der Waals surface area contributed by atoms with Crippen molar-refractivity contribution in [1.82, 2.24) is 19.7 Å². The number of primary sulfonamides is 1. The number of hydrogen-bond acceptors (Lipinski definition) is 7. The van der Waals surface area contributed by atoms with Gasteiger partial charge in [0.25, 0.3) is 5.56 Å². The Morgan fingerprint density at radius 2 is 2.12 bits per heavy atom. The number of aryl methyl sites for hydroxylation is 2. The Morgan fingerprint density at radius 3 is 2.81 bits per heavy atom. The number of nitrogens with two attached hydrogens (primary N) is 1. The van der Waals surface area contributed by atoms with Crippen LogP contribution in [0.2, 0.25) is 0 Å². The molecule has 1 fully saturated rings. The van der Waals surface area contributed by atoms with Gasteiger partial charge in [0.2, 0.25) is 10.0 Å². The van der Waals surface area contributed by atoms with Crippen LogP contribution in [-0.4, -0.2) is 46.4 Å². The lowest BCUT2D eigenvalue weighted by molar-refractivity contribution is 0.259. The van der Waals surface area contributed by atoms with Crippen LogP contribution in [0.5, 0.6) is 0 Å². The van der Waals surface area contributed by atoms with Gasteiger partial charge in [-0.05, 0) is 38.8 Å². The van der Waals surface area contributed by atoms with Gasteiger partial charge in [0.05, 0.1) is 22.7 Å². The van der Waals surface area contributed by atoms with Gasteiger partial charge in [0.15, 0.2) is 0 Å². The molecule has 1 unspecified atom stereocenters. The zero-order valence-corrected chi connectivity index (χ0v) is 16.7. The highest BCUT2D eigenvalue weighted by molar-refractivity contribution is 7.89. The summed E-state index contributed by atoms with van der Waals surface area (Å²) < 4.78 is 24.2. The molecule has 2 aromatic rings. The average Bonchev–Trinajstić information content (AvgIpc) is 3.15. The van der Waals surface area contributed by atoms with E-state index in [0.29, 0.717) is 17.1 Å². The molecule has 0 spiro atoms. The standard InChI is InChI=1S/C16H23N5O3S2/c1-10-11(2)19-20(3)16(22)14(10)15-18-12(8-25-15)7-21-6-4-5-13(21)9-26(17,23)24/h8,13H,4-7,9H2,1-3H3,(H2,17,23,24). The summed E-state index contributed by atoms with van der Waals surface area (Å²) in [4.78, 5) is 19.2. The summed E-state index contributed by atoms with van der Waals surface area (Å²) in [5.74, 6) is -0.0345. The van der Waals surface area contributed by atoms with E-state index in [1.54, 1.807) is 7.05 Å². The molecular formula is C16H23N5O3S2. The zero-order chi connectivity index (χ0) is 19.1. The fraction of sp³-hybridized carbons (Fsp3) is 0.562. The van der Waals surface area contributed by atoms with Crippen molar-refractivity contribution in [1.29, 1.82) is 0 Å². The molecule has 1 saturated heterocycles. The number of likely N-dealkylation sites (tertiary alicyclic amines) is 1. The Hall–Kier alpha value is -1.62. The van der Waals surface area contributed by atoms with Crippen LogP contribution in [-0.2, 0) is 23.6 Å². The van der Waals surface area contributed by atoms with Crippen molar-refractivity contribution in [3.63, 3.8) is 0 Å². The minimum atomic E-state index is -3.50. The minimum Gasteiger partial charge on any atom is -0.293 e. The van der Waals surface area contributed by atoms with Crippen LogP contribution in [0, 0.1) is 13.8 Å². The summed E-state index contributed by atoms with van der Waals surface area (Å²) in [6.45, 7) is 5.12. The van der Waals surface area contributed by atoms with Crippen LogP contribution >= 0.6 is 11.3 Å². The van der Waals surface area contributed by atoms with E-state index in [-0.39, 0.29) is 17.4 Å². The molecule has 1 aliphatic heterocycles. The van der Waals surface area contributed by atoms with E-state index in [1.165, 1.54) is 16.0 Å². The normalized spacial score (nSPS) is 18.5. The third-order valence-electron chi connectivity index (χ3n) is 4.78. The molecule has 1 aliphatic rings. The summed E-state index contributed by atoms with van der Waals surface area (Å²) in [6.07, 6.45) is 1.76. The number of thiazole rings is 1. The van der Waals surface area contributed by atoms with E-state index >= 15 is 0 Å². The molecule has 8 nitrogen and oxygen atoms in total. The van der Waals surface area contributed by atoms with Crippen molar-refractivity contribution in [2.24, 2.45) is 12.2 Å². The van der Waals surface area contributed by atoms with Crippen LogP contribution in [0.1, 0.15) is 29.8 Å². The van der Waals surface area contributed by atoms with Gasteiger partial charge in [-0.1, -0.05) is 0 Å². The highest BCUT2D eigenvalue weighted by Crippen LogP contribution is 2.27. The SMILES string of the molecule is Cc1nn(C)c(=O)c(-c2nc(CN3CCCC3CS(N)(=O)=O)cs2)c1C. The predicted molar refractivity (Wildman–Crippen MR) is 101 cm³/mol. The third-order valence-corrected chi connectivity index (χ3v) is 6.54. The summed E-state index contributed by atoms with van der Waals surface area (Å²) in [5.41, 5.74) is 2.89. The van der Waals surface area contributed by atoms with Gasteiger partial charge in [-0.3, -0.25) is 9.69 Å². The second kappa shape index (κ2) is 7.18. The Balaban J connectivity index is 1.84. The first-order valence-corrected chi connectivity index (χ1v) is 11.0. The molecule has 2 aromatic heterocycles. The first-order valence-electron chi connectivity index (χ1n) is 8.39. The lowest BCUT2D eigenvalue weighted by atomic mass is 10.1. The quantitative estimate of drug-likeness (QED) is 0.798. The lowest BCUT2D eigenvalue weighted by Crippen LogP contribution is -2.37. The molecule has 0 aliphatic carbocycles. The maximum atomic E-state index is 12.5. The van der Waals surface area contributed by atoms with E-state index in [1.807, 2.05) is 19.2 Å². The van der Waals surface area contributed by atoms with Gasteiger partial charge >= 0.3 is 0 Å². The molecule has 142 valence electrons. The molecule has 0 bridgehead atoms. The zero-order valence-electron chi connectivity index (χ0n) is 15.1. The molecule has 10 heteroatoms. The molecule has 3 heterocycles. The number of rotatable bonds is 5. The molecule has 0 aromatic carbocycles. The Morgan fingerprint density at radius 1 is 1.38 bits per heavy atom. The van der Waals surface area contributed by atoms with E-state index in [4.69, 9.17) is 5.14 Å². The van der Waals surface area contributed by atoms with Crippen LogP contribution in [0.3, 0.4) is 0 Å². The highest BCUT2D eigenvalue weighted by atomic mass is 32.2. The smallest absolute Gasteiger partial charge is 0.277 e. The third kappa shape index (κ3) is 4.03. The second-order valence-electron chi connectivity index (χ2n) is 6.75. The van der Waals surface area contributed by atoms with Crippen molar-refractivity contribution < 1.29 is 8.42 Å². The van der Waals surface area contributed by atoms with E-state index < -0.39 is 10.0 Å². The molecule has 0 amide bonds. The van der Waals surface area contributed by atoms with Gasteiger partial charge in [0.1, 0.15) is 5.01 Å². The fourth-order valence-electron chi connectivity index (χ4n) is 3.36. The molecule has 1 atom stereocenters. The molecule has 26 heavy (non-hydrogen) atoms. The van der Waals surface area contributed by atoms with E-state index in [0.717, 1.165) is 36.3 Å². The minimum absolute atomic E-state index is 0.0345. The molecular weight excluding hydrogens is 374 g/mol. The van der Waals surface area contributed by atoms with Gasteiger partial charge in [-0.25, -0.2) is 23.2 Å². The van der Waals surface area contributed by atoms with Gasteiger partial charge < -0.3 is 0 Å². The number of aromatic nitrogens is 3. The molecule has 0 radical (unpaired) electrons. The van der Waals surface area contributed by atoms with Gasteiger partial charge in [-0.15, -0.1) is 11.3 Å². The largest absolute Gasteiger partial charge is 0.293 e. The first-order chi connectivity index (χ1) is 12.2. The maximum Gasteiger partial charge on any atom is 0.277 e. The molecule has 3 rings (SSSR count). The Labute approximate surface area is 156 Å². The van der Waals surface area contributed by atoms with Crippen LogP contribution in [0.4, 0.5) is 0 Å². The number of nitrogens with zero attached hydrogens (tertiary/aromatic N) is 4. The van der Waals surface area contributed by atoms with Gasteiger partial charge in [0, 0.05) is 25.0 Å². The highest BCUT2D eigenvalue weighted by Gasteiger charge is 2.28. The van der Waals surface area contributed by atoms with Crippen molar-refractivity contribution in [2.45, 2.75) is 39.3 Å². The molecule has 0 saturated carbocycles. The van der Waals surface area contributed by atoms with Crippen molar-refractivity contribution in [3.05, 3.63) is 32.7 Å². The number of sulfonamides is 1. The van der Waals surface area contributed by atoms with E-state index in [9.17, 15) is 13.2 Å². The monoisotopic (exact) mass is 397 g/mol. The average molecular weight is 398 g/mol. The number of hydrogen-bond donors (Lipinski definition) is 1. The Bertz CT molecular complexity index is 980. The van der Waals surface area contributed by atoms with Crippen molar-refractivity contribution in [3.8, 4) is 10.6 Å². The van der Waals surface area contributed by atoms with E-state index in [2.05, 4.69) is 15.0 Å². The van der Waals surface area contributed by atoms with Crippen LogP contribution in [0.15, 0.2) is 10.2 Å². The Kier molecular flexibility index (Phi) is 5.29. The van der Waals surface area contributed by atoms with Crippen molar-refractivity contribution >= 4 is 21.4 Å². The molecule has 2 N–H and O–H groups in total. The second-order valence-corrected chi connectivity index (χ2v) is 9.27. The lowest BCUT2D eigenvalue weighted by Gasteiger charge is -2.22. The van der Waals surface area contributed by atoms with Crippen molar-refractivity contribution in [2.75, 3.05) is 12.3 Å². The summed E-state index contributed by atoms with van der Waals surface area (Å²) in [5, 5.41) is 12.0. The summed E-state index contributed by atoms with van der Waals surface area (Å²) >= 11 is 1.42. The fourth-order valence-corrected chi connectivity index (χ4v) is 5.18. The summed E-state index contributed by atoms with van der Waals surface area (Å²) in [7, 11) is -1.87. The van der Waals surface area contributed by atoms with Gasteiger partial charge in [-0.2, -0.15) is 5.10 Å². The van der Waals surface area contributed by atoms with Crippen LogP contribution < -0.4 is 10.7 Å². The predicted octanol–water partition coefficient (Wildman–Crippen LogP) is 0.774. The maximum absolute atomic E-state index is 12.5. The van der Waals surface area contributed by atoms with Crippen LogP contribution in [0.25, 0.3) is 10.6 Å². The topological polar surface area (TPSA) is 111 Å². The first kappa shape index (κ1) is 19.2. The summed E-state index contributed by atoms with van der Waals surface area (Å²) in [6, 6.07) is -0.0760.